The minimum absolute atomic E-state index is 0.272. The molecule has 1 aromatic rings. The summed E-state index contributed by atoms with van der Waals surface area (Å²) in [4.78, 5) is 0.272. The van der Waals surface area contributed by atoms with Crippen molar-refractivity contribution < 1.29 is 4.39 Å². The SMILES string of the molecule is N#Cc1cc(F)c(S)cc1I. The smallest absolute Gasteiger partial charge is 0.137 e. The van der Waals surface area contributed by atoms with Crippen LogP contribution < -0.4 is 0 Å². The van der Waals surface area contributed by atoms with Crippen LogP contribution in [0, 0.1) is 20.7 Å². The van der Waals surface area contributed by atoms with Crippen molar-refractivity contribution in [2.24, 2.45) is 0 Å². The monoisotopic (exact) mass is 279 g/mol. The highest BCUT2D eigenvalue weighted by atomic mass is 127. The lowest BCUT2D eigenvalue weighted by molar-refractivity contribution is 0.601. The summed E-state index contributed by atoms with van der Waals surface area (Å²) >= 11 is 5.83. The lowest BCUT2D eigenvalue weighted by Crippen LogP contribution is -1.85. The Morgan fingerprint density at radius 2 is 2.18 bits per heavy atom. The number of thiol groups is 1. The van der Waals surface area contributed by atoms with Gasteiger partial charge in [0.1, 0.15) is 11.9 Å². The zero-order chi connectivity index (χ0) is 8.43. The van der Waals surface area contributed by atoms with E-state index in [4.69, 9.17) is 5.26 Å². The van der Waals surface area contributed by atoms with Crippen LogP contribution in [-0.2, 0) is 0 Å². The molecule has 1 nitrogen and oxygen atoms in total. The Bertz CT molecular complexity index is 332. The Labute approximate surface area is 82.8 Å². The van der Waals surface area contributed by atoms with E-state index in [0.717, 1.165) is 3.57 Å². The average molecular weight is 279 g/mol. The Morgan fingerprint density at radius 1 is 1.55 bits per heavy atom. The average Bonchev–Trinajstić information content (AvgIpc) is 1.97. The molecule has 0 saturated carbocycles. The topological polar surface area (TPSA) is 23.8 Å². The lowest BCUT2D eigenvalue weighted by atomic mass is 10.2. The summed E-state index contributed by atoms with van der Waals surface area (Å²) in [5, 5.41) is 8.49. The zero-order valence-electron chi connectivity index (χ0n) is 5.31. The van der Waals surface area contributed by atoms with Gasteiger partial charge < -0.3 is 0 Å². The fraction of sp³-hybridized carbons (Fsp3) is 0. The van der Waals surface area contributed by atoms with Gasteiger partial charge in [0.2, 0.25) is 0 Å². The molecule has 1 aromatic carbocycles. The normalized spacial score (nSPS) is 9.27. The van der Waals surface area contributed by atoms with Crippen molar-refractivity contribution in [3.05, 3.63) is 27.1 Å². The van der Waals surface area contributed by atoms with Crippen molar-refractivity contribution in [3.8, 4) is 6.07 Å². The third kappa shape index (κ3) is 1.84. The fourth-order valence-electron chi connectivity index (χ4n) is 0.622. The molecule has 0 fully saturated rings. The summed E-state index contributed by atoms with van der Waals surface area (Å²) in [6, 6.07) is 4.59. The summed E-state index contributed by atoms with van der Waals surface area (Å²) in [6.07, 6.45) is 0. The number of nitrogens with zero attached hydrogens (tertiary/aromatic N) is 1. The van der Waals surface area contributed by atoms with Crippen LogP contribution in [0.1, 0.15) is 5.56 Å². The Balaban J connectivity index is 3.35. The number of hydrogen-bond donors (Lipinski definition) is 1. The summed E-state index contributed by atoms with van der Waals surface area (Å²) < 4.78 is 13.4. The van der Waals surface area contributed by atoms with Gasteiger partial charge in [-0.3, -0.25) is 0 Å². The Morgan fingerprint density at radius 3 is 2.73 bits per heavy atom. The summed E-state index contributed by atoms with van der Waals surface area (Å²) in [7, 11) is 0. The second-order valence-electron chi connectivity index (χ2n) is 1.90. The molecule has 11 heavy (non-hydrogen) atoms. The van der Waals surface area contributed by atoms with Crippen LogP contribution in [0.15, 0.2) is 17.0 Å². The van der Waals surface area contributed by atoms with Gasteiger partial charge in [0.05, 0.1) is 5.56 Å². The molecule has 56 valence electrons. The molecule has 0 spiro atoms. The first kappa shape index (κ1) is 8.81. The predicted octanol–water partition coefficient (Wildman–Crippen LogP) is 2.59. The van der Waals surface area contributed by atoms with E-state index in [0.29, 0.717) is 5.56 Å². The second kappa shape index (κ2) is 3.41. The second-order valence-corrected chi connectivity index (χ2v) is 3.54. The van der Waals surface area contributed by atoms with Gasteiger partial charge in [-0.05, 0) is 34.7 Å². The van der Waals surface area contributed by atoms with Crippen LogP contribution in [0.3, 0.4) is 0 Å². The standard InChI is InChI=1S/C7H3FINS/c8-5-1-4(3-10)6(9)2-7(5)11/h1-2,11H. The van der Waals surface area contributed by atoms with Gasteiger partial charge >= 0.3 is 0 Å². The molecule has 0 aliphatic carbocycles. The minimum atomic E-state index is -0.453. The van der Waals surface area contributed by atoms with Gasteiger partial charge in [0.15, 0.2) is 0 Å². The third-order valence-corrected chi connectivity index (χ3v) is 2.39. The van der Waals surface area contributed by atoms with Crippen molar-refractivity contribution in [1.82, 2.24) is 0 Å². The number of halogens is 2. The maximum absolute atomic E-state index is 12.7. The molecule has 0 aromatic heterocycles. The predicted molar refractivity (Wildman–Crippen MR) is 51.1 cm³/mol. The molecule has 0 atom stereocenters. The minimum Gasteiger partial charge on any atom is -0.206 e. The van der Waals surface area contributed by atoms with Crippen molar-refractivity contribution in [3.63, 3.8) is 0 Å². The molecule has 0 amide bonds. The molecule has 0 unspecified atom stereocenters. The largest absolute Gasteiger partial charge is 0.206 e. The number of rotatable bonds is 0. The molecule has 0 saturated heterocycles. The highest BCUT2D eigenvalue weighted by Crippen LogP contribution is 2.19. The van der Waals surface area contributed by atoms with Crippen LogP contribution in [0.2, 0.25) is 0 Å². The Kier molecular flexibility index (Phi) is 2.73. The van der Waals surface area contributed by atoms with Crippen LogP contribution in [-0.4, -0.2) is 0 Å². The molecule has 4 heteroatoms. The van der Waals surface area contributed by atoms with Crippen LogP contribution in [0.25, 0.3) is 0 Å². The van der Waals surface area contributed by atoms with E-state index in [9.17, 15) is 4.39 Å². The van der Waals surface area contributed by atoms with E-state index in [2.05, 4.69) is 12.6 Å². The number of hydrogen-bond acceptors (Lipinski definition) is 2. The summed E-state index contributed by atoms with van der Waals surface area (Å²) in [5.74, 6) is -0.453. The van der Waals surface area contributed by atoms with Gasteiger partial charge in [0.25, 0.3) is 0 Å². The molecular formula is C7H3FINS. The van der Waals surface area contributed by atoms with Gasteiger partial charge in [-0.15, -0.1) is 12.6 Å². The van der Waals surface area contributed by atoms with E-state index in [1.54, 1.807) is 0 Å². The number of benzene rings is 1. The highest BCUT2D eigenvalue weighted by molar-refractivity contribution is 14.1. The quantitative estimate of drug-likeness (QED) is 0.572. The summed E-state index contributed by atoms with van der Waals surface area (Å²) in [5.41, 5.74) is 0.348. The van der Waals surface area contributed by atoms with Gasteiger partial charge in [-0.25, -0.2) is 4.39 Å². The van der Waals surface area contributed by atoms with Crippen molar-refractivity contribution in [2.45, 2.75) is 4.90 Å². The zero-order valence-corrected chi connectivity index (χ0v) is 8.36. The molecule has 0 radical (unpaired) electrons. The first-order valence-electron chi connectivity index (χ1n) is 2.73. The first-order chi connectivity index (χ1) is 5.15. The maximum atomic E-state index is 12.7. The van der Waals surface area contributed by atoms with E-state index >= 15 is 0 Å². The summed E-state index contributed by atoms with van der Waals surface area (Å²) in [6.45, 7) is 0. The fourth-order valence-corrected chi connectivity index (χ4v) is 1.65. The number of nitriles is 1. The molecule has 0 aliphatic heterocycles. The maximum Gasteiger partial charge on any atom is 0.137 e. The van der Waals surface area contributed by atoms with Crippen LogP contribution >= 0.6 is 35.2 Å². The van der Waals surface area contributed by atoms with E-state index in [1.807, 2.05) is 28.7 Å². The van der Waals surface area contributed by atoms with E-state index in [1.165, 1.54) is 12.1 Å². The molecule has 1 rings (SSSR count). The van der Waals surface area contributed by atoms with E-state index in [-0.39, 0.29) is 4.90 Å². The third-order valence-electron chi connectivity index (χ3n) is 1.16. The van der Waals surface area contributed by atoms with Crippen molar-refractivity contribution >= 4 is 35.2 Å². The van der Waals surface area contributed by atoms with Gasteiger partial charge in [0, 0.05) is 8.47 Å². The molecule has 0 aliphatic rings. The van der Waals surface area contributed by atoms with Crippen molar-refractivity contribution in [2.75, 3.05) is 0 Å². The van der Waals surface area contributed by atoms with Gasteiger partial charge in [-0.2, -0.15) is 5.26 Å². The van der Waals surface area contributed by atoms with Gasteiger partial charge in [-0.1, -0.05) is 0 Å². The molecule has 0 heterocycles. The van der Waals surface area contributed by atoms with Crippen molar-refractivity contribution in [1.29, 1.82) is 5.26 Å². The first-order valence-corrected chi connectivity index (χ1v) is 4.26. The Hall–Kier alpha value is -0.280. The van der Waals surface area contributed by atoms with Crippen LogP contribution in [0.4, 0.5) is 4.39 Å². The highest BCUT2D eigenvalue weighted by Gasteiger charge is 2.03. The molecule has 0 bridgehead atoms. The van der Waals surface area contributed by atoms with E-state index < -0.39 is 5.82 Å². The lowest BCUT2D eigenvalue weighted by Gasteiger charge is -1.97. The molecular weight excluding hydrogens is 276 g/mol. The molecule has 0 N–H and O–H groups in total. The van der Waals surface area contributed by atoms with Crippen LogP contribution in [0.5, 0.6) is 0 Å².